The van der Waals surface area contributed by atoms with Crippen LogP contribution in [0.2, 0.25) is 0 Å². The molecule has 2 aliphatic rings. The molecule has 6 atom stereocenters. The SMILES string of the molecule is CCCCC(F)(F)C(O)/C=C/[C@@H]1[C@H]2CC(O)O[C@H]2C[C@H]1OCc1ccccc1. The fourth-order valence-electron chi connectivity index (χ4n) is 4.20. The largest absolute Gasteiger partial charge is 0.383 e. The molecule has 1 saturated carbocycles. The van der Waals surface area contributed by atoms with Gasteiger partial charge in [-0.05, 0) is 17.9 Å². The fraction of sp³-hybridized carbons (Fsp3) is 0.636. The van der Waals surface area contributed by atoms with Gasteiger partial charge < -0.3 is 19.7 Å². The fourth-order valence-corrected chi connectivity index (χ4v) is 4.20. The lowest BCUT2D eigenvalue weighted by Gasteiger charge is -2.23. The van der Waals surface area contributed by atoms with Gasteiger partial charge in [-0.15, -0.1) is 0 Å². The lowest BCUT2D eigenvalue weighted by atomic mass is 9.90. The third-order valence-electron chi connectivity index (χ3n) is 5.79. The summed E-state index contributed by atoms with van der Waals surface area (Å²) in [5.74, 6) is -3.32. The standard InChI is InChI=1S/C22H30F2O4/c1-2-3-11-22(23,24)20(25)10-9-16-17-12-21(26)28-19(17)13-18(16)27-14-15-7-5-4-6-8-15/h4-10,16-21,25-26H,2-3,11-14H2,1H3/b10-9+/t16-,17-,18-,19+,20?,21?/m1/s1. The van der Waals surface area contributed by atoms with Crippen molar-refractivity contribution in [1.29, 1.82) is 0 Å². The van der Waals surface area contributed by atoms with E-state index < -0.39 is 18.3 Å². The van der Waals surface area contributed by atoms with Gasteiger partial charge in [0.1, 0.15) is 6.10 Å². The first-order chi connectivity index (χ1) is 13.4. The molecule has 1 aromatic rings. The van der Waals surface area contributed by atoms with Crippen molar-refractivity contribution in [3.05, 3.63) is 48.0 Å². The third kappa shape index (κ3) is 5.17. The highest BCUT2D eigenvalue weighted by Gasteiger charge is 2.49. The first kappa shape index (κ1) is 21.4. The Morgan fingerprint density at radius 3 is 2.75 bits per heavy atom. The van der Waals surface area contributed by atoms with E-state index in [0.717, 1.165) is 5.56 Å². The molecule has 0 spiro atoms. The van der Waals surface area contributed by atoms with E-state index in [-0.39, 0.29) is 30.5 Å². The van der Waals surface area contributed by atoms with Crippen molar-refractivity contribution in [3.8, 4) is 0 Å². The van der Waals surface area contributed by atoms with Gasteiger partial charge in [0.15, 0.2) is 6.29 Å². The summed E-state index contributed by atoms with van der Waals surface area (Å²) in [4.78, 5) is 0. The number of alkyl halides is 2. The summed E-state index contributed by atoms with van der Waals surface area (Å²) in [5.41, 5.74) is 1.04. The van der Waals surface area contributed by atoms with Crippen LogP contribution in [0, 0.1) is 11.8 Å². The molecule has 6 heteroatoms. The molecule has 2 unspecified atom stereocenters. The summed E-state index contributed by atoms with van der Waals surface area (Å²) >= 11 is 0. The molecule has 3 rings (SSSR count). The van der Waals surface area contributed by atoms with E-state index >= 15 is 0 Å². The second-order valence-electron chi connectivity index (χ2n) is 7.87. The van der Waals surface area contributed by atoms with E-state index in [9.17, 15) is 19.0 Å². The minimum atomic E-state index is -3.14. The quantitative estimate of drug-likeness (QED) is 0.618. The molecule has 0 amide bonds. The van der Waals surface area contributed by atoms with Crippen LogP contribution in [0.4, 0.5) is 8.78 Å². The van der Waals surface area contributed by atoms with Crippen molar-refractivity contribution in [2.75, 3.05) is 0 Å². The highest BCUT2D eigenvalue weighted by molar-refractivity contribution is 5.14. The maximum Gasteiger partial charge on any atom is 0.276 e. The predicted octanol–water partition coefficient (Wildman–Crippen LogP) is 4.06. The average Bonchev–Trinajstić information content (AvgIpc) is 3.19. The van der Waals surface area contributed by atoms with Crippen LogP contribution >= 0.6 is 0 Å². The number of aliphatic hydroxyl groups excluding tert-OH is 2. The molecule has 28 heavy (non-hydrogen) atoms. The Balaban J connectivity index is 1.66. The molecular formula is C22H30F2O4. The number of benzene rings is 1. The summed E-state index contributed by atoms with van der Waals surface area (Å²) in [6.45, 7) is 2.27. The number of rotatable bonds is 9. The average molecular weight is 396 g/mol. The molecule has 0 aromatic heterocycles. The maximum absolute atomic E-state index is 14.1. The molecule has 4 nitrogen and oxygen atoms in total. The number of ether oxygens (including phenoxy) is 2. The van der Waals surface area contributed by atoms with Gasteiger partial charge in [-0.25, -0.2) is 8.78 Å². The van der Waals surface area contributed by atoms with E-state index in [1.54, 1.807) is 6.08 Å². The van der Waals surface area contributed by atoms with Crippen molar-refractivity contribution in [2.24, 2.45) is 11.8 Å². The molecule has 0 radical (unpaired) electrons. The Morgan fingerprint density at radius 2 is 2.04 bits per heavy atom. The molecule has 0 bridgehead atoms. The van der Waals surface area contributed by atoms with Crippen molar-refractivity contribution < 1.29 is 28.5 Å². The highest BCUT2D eigenvalue weighted by atomic mass is 19.3. The van der Waals surface area contributed by atoms with Crippen molar-refractivity contribution in [2.45, 2.75) is 76.2 Å². The molecule has 1 aromatic carbocycles. The molecule has 156 valence electrons. The monoisotopic (exact) mass is 396 g/mol. The number of hydrogen-bond donors (Lipinski definition) is 2. The van der Waals surface area contributed by atoms with Gasteiger partial charge in [0.2, 0.25) is 0 Å². The number of hydrogen-bond acceptors (Lipinski definition) is 4. The first-order valence-electron chi connectivity index (χ1n) is 10.1. The van der Waals surface area contributed by atoms with E-state index in [0.29, 0.717) is 32.3 Å². The minimum absolute atomic E-state index is 0.00323. The molecule has 2 fully saturated rings. The highest BCUT2D eigenvalue weighted by Crippen LogP contribution is 2.45. The minimum Gasteiger partial charge on any atom is -0.383 e. The molecule has 1 aliphatic carbocycles. The Bertz CT molecular complexity index is 637. The second-order valence-corrected chi connectivity index (χ2v) is 7.87. The van der Waals surface area contributed by atoms with E-state index in [2.05, 4.69) is 0 Å². The van der Waals surface area contributed by atoms with Gasteiger partial charge in [-0.1, -0.05) is 55.8 Å². The lowest BCUT2D eigenvalue weighted by Crippen LogP contribution is -2.32. The molecule has 1 heterocycles. The zero-order chi connectivity index (χ0) is 20.1. The smallest absolute Gasteiger partial charge is 0.276 e. The van der Waals surface area contributed by atoms with Gasteiger partial charge in [0.05, 0.1) is 18.8 Å². The van der Waals surface area contributed by atoms with Crippen LogP contribution in [-0.4, -0.2) is 40.7 Å². The van der Waals surface area contributed by atoms with Gasteiger partial charge >= 0.3 is 0 Å². The van der Waals surface area contributed by atoms with Gasteiger partial charge in [0, 0.05) is 25.2 Å². The van der Waals surface area contributed by atoms with Crippen molar-refractivity contribution in [3.63, 3.8) is 0 Å². The molecule has 1 aliphatic heterocycles. The number of unbranched alkanes of at least 4 members (excludes halogenated alkanes) is 1. The van der Waals surface area contributed by atoms with Crippen LogP contribution in [-0.2, 0) is 16.1 Å². The second kappa shape index (κ2) is 9.44. The topological polar surface area (TPSA) is 58.9 Å². The lowest BCUT2D eigenvalue weighted by molar-refractivity contribution is -0.0992. The maximum atomic E-state index is 14.1. The van der Waals surface area contributed by atoms with Crippen molar-refractivity contribution >= 4 is 0 Å². The Kier molecular flexibility index (Phi) is 7.20. The molecule has 2 N–H and O–H groups in total. The van der Waals surface area contributed by atoms with Crippen LogP contribution in [0.3, 0.4) is 0 Å². The Morgan fingerprint density at radius 1 is 1.29 bits per heavy atom. The zero-order valence-corrected chi connectivity index (χ0v) is 16.2. The number of fused-ring (bicyclic) bond motifs is 1. The number of aliphatic hydroxyl groups is 2. The molecular weight excluding hydrogens is 366 g/mol. The third-order valence-corrected chi connectivity index (χ3v) is 5.79. The van der Waals surface area contributed by atoms with E-state index in [1.165, 1.54) is 6.08 Å². The summed E-state index contributed by atoms with van der Waals surface area (Å²) in [6.07, 6.45) is 1.60. The summed E-state index contributed by atoms with van der Waals surface area (Å²) in [7, 11) is 0. The van der Waals surface area contributed by atoms with Crippen molar-refractivity contribution in [1.82, 2.24) is 0 Å². The van der Waals surface area contributed by atoms with Gasteiger partial charge in [-0.2, -0.15) is 0 Å². The van der Waals surface area contributed by atoms with E-state index in [4.69, 9.17) is 9.47 Å². The normalized spacial score (nSPS) is 31.4. The first-order valence-corrected chi connectivity index (χ1v) is 10.1. The Labute approximate surface area is 165 Å². The summed E-state index contributed by atoms with van der Waals surface area (Å²) in [5, 5.41) is 19.8. The predicted molar refractivity (Wildman–Crippen MR) is 102 cm³/mol. The molecule has 1 saturated heterocycles. The Hall–Kier alpha value is -1.34. The summed E-state index contributed by atoms with van der Waals surface area (Å²) in [6, 6.07) is 9.75. The van der Waals surface area contributed by atoms with Crippen LogP contribution in [0.1, 0.15) is 44.6 Å². The van der Waals surface area contributed by atoms with Crippen LogP contribution in [0.15, 0.2) is 42.5 Å². The van der Waals surface area contributed by atoms with Crippen LogP contribution in [0.25, 0.3) is 0 Å². The van der Waals surface area contributed by atoms with Gasteiger partial charge in [0.25, 0.3) is 5.92 Å². The van der Waals surface area contributed by atoms with E-state index in [1.807, 2.05) is 37.3 Å². The number of halogens is 2. The van der Waals surface area contributed by atoms with Gasteiger partial charge in [-0.3, -0.25) is 0 Å². The van der Waals surface area contributed by atoms with Crippen LogP contribution in [0.5, 0.6) is 0 Å². The summed E-state index contributed by atoms with van der Waals surface area (Å²) < 4.78 is 39.8. The zero-order valence-electron chi connectivity index (χ0n) is 16.2. The van der Waals surface area contributed by atoms with Crippen LogP contribution < -0.4 is 0 Å².